The molecule has 1 aromatic carbocycles. The smallest absolute Gasteiger partial charge is 0.253 e. The number of aromatic amines is 1. The van der Waals surface area contributed by atoms with Gasteiger partial charge in [-0.2, -0.15) is 0 Å². The van der Waals surface area contributed by atoms with Gasteiger partial charge in [0.25, 0.3) is 5.56 Å². The van der Waals surface area contributed by atoms with Crippen LogP contribution in [0.5, 0.6) is 5.75 Å². The Morgan fingerprint density at radius 1 is 1.17 bits per heavy atom. The molecule has 0 fully saturated rings. The zero-order valence-electron chi connectivity index (χ0n) is 13.9. The summed E-state index contributed by atoms with van der Waals surface area (Å²) in [5.41, 5.74) is 4.03. The molecule has 1 aromatic heterocycles. The first-order valence-electron chi connectivity index (χ1n) is 7.50. The Hall–Kier alpha value is -2.56. The van der Waals surface area contributed by atoms with Crippen LogP contribution in [0.4, 0.5) is 0 Å². The van der Waals surface area contributed by atoms with Crippen molar-refractivity contribution in [3.05, 3.63) is 62.6 Å². The highest BCUT2D eigenvalue weighted by atomic mass is 16.5. The lowest BCUT2D eigenvalue weighted by Crippen LogP contribution is -2.29. The van der Waals surface area contributed by atoms with Crippen molar-refractivity contribution in [3.8, 4) is 5.75 Å². The Morgan fingerprint density at radius 2 is 1.91 bits per heavy atom. The lowest BCUT2D eigenvalue weighted by molar-refractivity contribution is -0.120. The fraction of sp³-hybridized carbons (Fsp3) is 0.333. The normalized spacial score (nSPS) is 10.4. The van der Waals surface area contributed by atoms with Crippen LogP contribution in [-0.2, 0) is 17.8 Å². The number of ether oxygens (including phenoxy) is 1. The first-order valence-corrected chi connectivity index (χ1v) is 7.50. The van der Waals surface area contributed by atoms with Gasteiger partial charge in [-0.05, 0) is 49.6 Å². The monoisotopic (exact) mass is 314 g/mol. The molecule has 0 aliphatic rings. The van der Waals surface area contributed by atoms with Gasteiger partial charge in [0.2, 0.25) is 5.91 Å². The molecule has 0 radical (unpaired) electrons. The van der Waals surface area contributed by atoms with E-state index in [2.05, 4.69) is 10.3 Å². The minimum Gasteiger partial charge on any atom is -0.496 e. The molecule has 2 aromatic rings. The number of hydrogen-bond donors (Lipinski definition) is 2. The van der Waals surface area contributed by atoms with Gasteiger partial charge in [-0.15, -0.1) is 0 Å². The van der Waals surface area contributed by atoms with Crippen LogP contribution >= 0.6 is 0 Å². The third-order valence-electron chi connectivity index (χ3n) is 3.79. The topological polar surface area (TPSA) is 71.2 Å². The summed E-state index contributed by atoms with van der Waals surface area (Å²) in [6, 6.07) is 7.59. The quantitative estimate of drug-likeness (QED) is 0.888. The first-order chi connectivity index (χ1) is 10.9. The van der Waals surface area contributed by atoms with Gasteiger partial charge >= 0.3 is 0 Å². The Labute approximate surface area is 135 Å². The minimum absolute atomic E-state index is 0.129. The number of H-pyrrole nitrogens is 1. The SMILES string of the molecule is COc1cc(CC(=O)NCc2c(C)cc(C)[nH]c2=O)ccc1C. The number of carbonyl (C=O) groups is 1. The number of nitrogens with one attached hydrogen (secondary N) is 2. The fourth-order valence-electron chi connectivity index (χ4n) is 2.51. The molecule has 0 unspecified atom stereocenters. The summed E-state index contributed by atoms with van der Waals surface area (Å²) in [6.45, 7) is 5.88. The van der Waals surface area contributed by atoms with E-state index < -0.39 is 0 Å². The maximum Gasteiger partial charge on any atom is 0.253 e. The molecule has 5 nitrogen and oxygen atoms in total. The lowest BCUT2D eigenvalue weighted by atomic mass is 10.1. The van der Waals surface area contributed by atoms with E-state index in [1.807, 2.05) is 45.0 Å². The molecule has 0 aliphatic carbocycles. The summed E-state index contributed by atoms with van der Waals surface area (Å²) in [5.74, 6) is 0.636. The van der Waals surface area contributed by atoms with Crippen LogP contribution < -0.4 is 15.6 Å². The van der Waals surface area contributed by atoms with Crippen molar-refractivity contribution in [2.24, 2.45) is 0 Å². The first kappa shape index (κ1) is 16.8. The van der Waals surface area contributed by atoms with E-state index in [1.165, 1.54) is 0 Å². The second-order valence-electron chi connectivity index (χ2n) is 5.70. The second-order valence-corrected chi connectivity index (χ2v) is 5.70. The molecule has 2 rings (SSSR count). The third-order valence-corrected chi connectivity index (χ3v) is 3.79. The highest BCUT2D eigenvalue weighted by molar-refractivity contribution is 5.78. The van der Waals surface area contributed by atoms with Gasteiger partial charge in [0.05, 0.1) is 13.5 Å². The number of hydrogen-bond acceptors (Lipinski definition) is 3. The van der Waals surface area contributed by atoms with Gasteiger partial charge in [0.15, 0.2) is 0 Å². The Kier molecular flexibility index (Phi) is 5.21. The summed E-state index contributed by atoms with van der Waals surface area (Å²) < 4.78 is 5.26. The molecule has 0 saturated heterocycles. The number of methoxy groups -OCH3 is 1. The van der Waals surface area contributed by atoms with Crippen LogP contribution in [0.2, 0.25) is 0 Å². The predicted octanol–water partition coefficient (Wildman–Crippen LogP) is 2.17. The molecule has 122 valence electrons. The number of rotatable bonds is 5. The van der Waals surface area contributed by atoms with E-state index in [4.69, 9.17) is 4.74 Å². The molecular weight excluding hydrogens is 292 g/mol. The number of aryl methyl sites for hydroxylation is 3. The van der Waals surface area contributed by atoms with Crippen LogP contribution in [0, 0.1) is 20.8 Å². The molecule has 0 saturated carbocycles. The lowest BCUT2D eigenvalue weighted by Gasteiger charge is -2.10. The molecule has 5 heteroatoms. The van der Waals surface area contributed by atoms with Crippen LogP contribution in [0.1, 0.15) is 27.9 Å². The zero-order chi connectivity index (χ0) is 17.0. The van der Waals surface area contributed by atoms with Crippen LogP contribution in [0.3, 0.4) is 0 Å². The highest BCUT2D eigenvalue weighted by Crippen LogP contribution is 2.19. The molecule has 23 heavy (non-hydrogen) atoms. The van der Waals surface area contributed by atoms with Crippen LogP contribution in [0.25, 0.3) is 0 Å². The molecule has 1 heterocycles. The number of aromatic nitrogens is 1. The van der Waals surface area contributed by atoms with E-state index in [1.54, 1.807) is 7.11 Å². The molecule has 0 bridgehead atoms. The van der Waals surface area contributed by atoms with Crippen LogP contribution in [0.15, 0.2) is 29.1 Å². The largest absolute Gasteiger partial charge is 0.496 e. The average Bonchev–Trinajstić information content (AvgIpc) is 2.48. The molecule has 0 spiro atoms. The Bertz CT molecular complexity index is 778. The van der Waals surface area contributed by atoms with Gasteiger partial charge in [-0.1, -0.05) is 12.1 Å². The predicted molar refractivity (Wildman–Crippen MR) is 89.8 cm³/mol. The van der Waals surface area contributed by atoms with E-state index in [-0.39, 0.29) is 24.4 Å². The van der Waals surface area contributed by atoms with Gasteiger partial charge in [-0.3, -0.25) is 9.59 Å². The number of benzene rings is 1. The van der Waals surface area contributed by atoms with Gasteiger partial charge in [0, 0.05) is 17.8 Å². The standard InChI is InChI=1S/C18H22N2O3/c1-11-5-6-14(8-16(11)23-4)9-17(21)19-10-15-12(2)7-13(3)20-18(15)22/h5-8H,9-10H2,1-4H3,(H,19,21)(H,20,22). The van der Waals surface area contributed by atoms with Crippen molar-refractivity contribution in [1.82, 2.24) is 10.3 Å². The summed E-state index contributed by atoms with van der Waals surface area (Å²) in [5, 5.41) is 2.80. The second kappa shape index (κ2) is 7.13. The maximum atomic E-state index is 12.1. The van der Waals surface area contributed by atoms with Crippen molar-refractivity contribution < 1.29 is 9.53 Å². The average molecular weight is 314 g/mol. The van der Waals surface area contributed by atoms with E-state index in [0.717, 1.165) is 28.1 Å². The summed E-state index contributed by atoms with van der Waals surface area (Å²) in [7, 11) is 1.61. The van der Waals surface area contributed by atoms with Crippen molar-refractivity contribution in [2.45, 2.75) is 33.7 Å². The van der Waals surface area contributed by atoms with Crippen molar-refractivity contribution in [1.29, 1.82) is 0 Å². The van der Waals surface area contributed by atoms with Crippen LogP contribution in [-0.4, -0.2) is 18.0 Å². The summed E-state index contributed by atoms with van der Waals surface area (Å²) in [6.07, 6.45) is 0.249. The molecular formula is C18H22N2O3. The van der Waals surface area contributed by atoms with Gasteiger partial charge in [-0.25, -0.2) is 0 Å². The van der Waals surface area contributed by atoms with Gasteiger partial charge < -0.3 is 15.0 Å². The Balaban J connectivity index is 2.02. The number of amides is 1. The molecule has 1 amide bonds. The minimum atomic E-state index is -0.153. The van der Waals surface area contributed by atoms with Crippen molar-refractivity contribution >= 4 is 5.91 Å². The van der Waals surface area contributed by atoms with Crippen molar-refractivity contribution in [3.63, 3.8) is 0 Å². The molecule has 0 atom stereocenters. The number of carbonyl (C=O) groups excluding carboxylic acids is 1. The summed E-state index contributed by atoms with van der Waals surface area (Å²) in [4.78, 5) is 26.8. The zero-order valence-corrected chi connectivity index (χ0v) is 13.9. The van der Waals surface area contributed by atoms with E-state index in [0.29, 0.717) is 5.56 Å². The molecule has 0 aliphatic heterocycles. The third kappa shape index (κ3) is 4.22. The van der Waals surface area contributed by atoms with Crippen molar-refractivity contribution in [2.75, 3.05) is 7.11 Å². The fourth-order valence-corrected chi connectivity index (χ4v) is 2.51. The van der Waals surface area contributed by atoms with E-state index >= 15 is 0 Å². The molecule has 2 N–H and O–H groups in total. The van der Waals surface area contributed by atoms with E-state index in [9.17, 15) is 9.59 Å². The highest BCUT2D eigenvalue weighted by Gasteiger charge is 2.09. The summed E-state index contributed by atoms with van der Waals surface area (Å²) >= 11 is 0. The van der Waals surface area contributed by atoms with Gasteiger partial charge in [0.1, 0.15) is 5.75 Å². The number of pyridine rings is 1. The maximum absolute atomic E-state index is 12.1. The Morgan fingerprint density at radius 3 is 2.57 bits per heavy atom.